The molecule has 3 aromatic carbocycles. The van der Waals surface area contributed by atoms with Crippen LogP contribution >= 0.6 is 0 Å². The normalized spacial score (nSPS) is 17.2. The number of amides is 1. The third kappa shape index (κ3) is 4.83. The van der Waals surface area contributed by atoms with Crippen LogP contribution in [0.1, 0.15) is 36.7 Å². The van der Waals surface area contributed by atoms with Crippen LogP contribution in [0, 0.1) is 0 Å². The molecule has 2 aliphatic heterocycles. The van der Waals surface area contributed by atoms with E-state index in [-0.39, 0.29) is 5.91 Å². The van der Waals surface area contributed by atoms with Gasteiger partial charge in [0.1, 0.15) is 17.3 Å². The quantitative estimate of drug-likeness (QED) is 0.282. The van der Waals surface area contributed by atoms with Crippen LogP contribution < -0.4 is 20.1 Å². The lowest BCUT2D eigenvalue weighted by molar-refractivity contribution is -0.110. The largest absolute Gasteiger partial charge is 0.497 e. The van der Waals surface area contributed by atoms with Gasteiger partial charge in [-0.3, -0.25) is 4.79 Å². The maximum Gasteiger partial charge on any atom is 0.257 e. The molecular formula is C31H33N5O3. The second-order valence-electron chi connectivity index (χ2n) is 10.0. The van der Waals surface area contributed by atoms with Gasteiger partial charge in [0.2, 0.25) is 0 Å². The van der Waals surface area contributed by atoms with Crippen molar-refractivity contribution in [1.82, 2.24) is 14.9 Å². The Hall–Kier alpha value is -4.30. The number of benzene rings is 3. The first-order chi connectivity index (χ1) is 19.1. The predicted molar refractivity (Wildman–Crippen MR) is 155 cm³/mol. The number of aromatic amines is 1. The fourth-order valence-electron chi connectivity index (χ4n) is 5.52. The van der Waals surface area contributed by atoms with E-state index < -0.39 is 0 Å². The van der Waals surface area contributed by atoms with Gasteiger partial charge < -0.3 is 30.0 Å². The average molecular weight is 524 g/mol. The van der Waals surface area contributed by atoms with Crippen molar-refractivity contribution in [2.75, 3.05) is 44.5 Å². The van der Waals surface area contributed by atoms with Gasteiger partial charge >= 0.3 is 0 Å². The van der Waals surface area contributed by atoms with E-state index in [4.69, 9.17) is 14.5 Å². The molecule has 1 aromatic heterocycles. The summed E-state index contributed by atoms with van der Waals surface area (Å²) >= 11 is 0. The minimum atomic E-state index is -0.151. The predicted octanol–water partition coefficient (Wildman–Crippen LogP) is 5.39. The molecule has 0 spiro atoms. The van der Waals surface area contributed by atoms with Crippen molar-refractivity contribution in [2.45, 2.75) is 25.8 Å². The fourth-order valence-corrected chi connectivity index (χ4v) is 5.52. The Bertz CT molecular complexity index is 1550. The lowest BCUT2D eigenvalue weighted by atomic mass is 9.94. The number of ether oxygens (including phenoxy) is 2. The summed E-state index contributed by atoms with van der Waals surface area (Å²) in [5, 5.41) is 6.78. The molecule has 0 unspecified atom stereocenters. The van der Waals surface area contributed by atoms with Crippen LogP contribution in [-0.4, -0.2) is 60.7 Å². The number of piperidine rings is 1. The summed E-state index contributed by atoms with van der Waals surface area (Å²) < 4.78 is 10.8. The van der Waals surface area contributed by atoms with E-state index in [2.05, 4.69) is 39.6 Å². The first-order valence-corrected chi connectivity index (χ1v) is 13.4. The van der Waals surface area contributed by atoms with Crippen molar-refractivity contribution >= 4 is 39.5 Å². The molecule has 3 N–H and O–H groups in total. The van der Waals surface area contributed by atoms with Gasteiger partial charge in [0.15, 0.2) is 0 Å². The number of rotatable bonds is 7. The molecule has 39 heavy (non-hydrogen) atoms. The highest BCUT2D eigenvalue weighted by Crippen LogP contribution is 2.41. The van der Waals surface area contributed by atoms with Crippen LogP contribution in [0.25, 0.3) is 22.2 Å². The highest BCUT2D eigenvalue weighted by Gasteiger charge is 2.31. The monoisotopic (exact) mass is 523 g/mol. The molecule has 0 aliphatic carbocycles. The van der Waals surface area contributed by atoms with Crippen LogP contribution in [0.15, 0.2) is 60.7 Å². The summed E-state index contributed by atoms with van der Waals surface area (Å²) in [6.07, 6.45) is 2.20. The third-order valence-electron chi connectivity index (χ3n) is 7.73. The summed E-state index contributed by atoms with van der Waals surface area (Å²) in [4.78, 5) is 24.4. The zero-order valence-corrected chi connectivity index (χ0v) is 22.5. The molecule has 1 amide bonds. The first kappa shape index (κ1) is 25.0. The van der Waals surface area contributed by atoms with Gasteiger partial charge in [-0.2, -0.15) is 0 Å². The van der Waals surface area contributed by atoms with Gasteiger partial charge in [0, 0.05) is 47.7 Å². The van der Waals surface area contributed by atoms with Crippen molar-refractivity contribution in [3.05, 3.63) is 77.6 Å². The number of H-pyrrole nitrogens is 1. The number of carbonyl (C=O) groups is 1. The molecule has 4 aromatic rings. The number of aromatic nitrogens is 2. The van der Waals surface area contributed by atoms with Crippen molar-refractivity contribution < 1.29 is 14.3 Å². The molecular weight excluding hydrogens is 490 g/mol. The van der Waals surface area contributed by atoms with Crippen LogP contribution in [0.4, 0.5) is 11.4 Å². The number of hydrogen-bond acceptors (Lipinski definition) is 6. The molecule has 6 rings (SSSR count). The molecule has 0 radical (unpaired) electrons. The van der Waals surface area contributed by atoms with Gasteiger partial charge in [-0.1, -0.05) is 19.1 Å². The van der Waals surface area contributed by atoms with E-state index in [0.717, 1.165) is 83.1 Å². The summed E-state index contributed by atoms with van der Waals surface area (Å²) in [6, 6.07) is 20.0. The topological polar surface area (TPSA) is 91.5 Å². The standard InChI is InChI=1S/C31H33N5O3/c1-4-36-15-13-20(14-16-36)32-21-7-11-25-24(17-21)29(31(37)35-25)28(19-5-8-22(38-2)9-6-19)30-33-26-12-10-23(39-3)18-27(26)34-30/h5-12,17-18,20,32H,4,13-16H2,1-3H3,(H,33,34)(H,35,37)/b29-28-. The Balaban J connectivity index is 1.46. The Kier molecular flexibility index (Phi) is 6.70. The number of nitrogens with one attached hydrogen (secondary N) is 3. The lowest BCUT2D eigenvalue weighted by Crippen LogP contribution is -2.38. The number of hydrogen-bond donors (Lipinski definition) is 3. The summed E-state index contributed by atoms with van der Waals surface area (Å²) in [5.74, 6) is 1.94. The van der Waals surface area contributed by atoms with Gasteiger partial charge in [-0.25, -0.2) is 4.98 Å². The molecule has 200 valence electrons. The number of carbonyl (C=O) groups excluding carboxylic acids is 1. The van der Waals surface area contributed by atoms with Crippen molar-refractivity contribution in [2.24, 2.45) is 0 Å². The Labute approximate surface area is 228 Å². The fraction of sp³-hybridized carbons (Fsp3) is 0.290. The molecule has 0 saturated carbocycles. The highest BCUT2D eigenvalue weighted by molar-refractivity contribution is 6.38. The van der Waals surface area contributed by atoms with E-state index >= 15 is 0 Å². The molecule has 1 saturated heterocycles. The number of methoxy groups -OCH3 is 2. The third-order valence-corrected chi connectivity index (χ3v) is 7.73. The highest BCUT2D eigenvalue weighted by atomic mass is 16.5. The SMILES string of the molecule is CCN1CCC(Nc2ccc3c(c2)/C(=C(\c2ccc(OC)cc2)c2nc4cc(OC)ccc4[nH]2)C(=O)N3)CC1. The van der Waals surface area contributed by atoms with E-state index in [1.54, 1.807) is 14.2 Å². The number of nitrogens with zero attached hydrogens (tertiary/aromatic N) is 2. The molecule has 8 heteroatoms. The summed E-state index contributed by atoms with van der Waals surface area (Å²) in [5.41, 5.74) is 6.49. The van der Waals surface area contributed by atoms with E-state index in [9.17, 15) is 4.79 Å². The van der Waals surface area contributed by atoms with Crippen LogP contribution in [-0.2, 0) is 4.79 Å². The molecule has 2 aliphatic rings. The number of likely N-dealkylation sites (tertiary alicyclic amines) is 1. The van der Waals surface area contributed by atoms with Crippen LogP contribution in [0.2, 0.25) is 0 Å². The van der Waals surface area contributed by atoms with Crippen molar-refractivity contribution in [1.29, 1.82) is 0 Å². The number of fused-ring (bicyclic) bond motifs is 2. The Morgan fingerprint density at radius 1 is 1.00 bits per heavy atom. The molecule has 8 nitrogen and oxygen atoms in total. The molecule has 3 heterocycles. The summed E-state index contributed by atoms with van der Waals surface area (Å²) in [7, 11) is 3.28. The molecule has 0 bridgehead atoms. The van der Waals surface area contributed by atoms with E-state index in [1.807, 2.05) is 48.5 Å². The molecule has 0 atom stereocenters. The smallest absolute Gasteiger partial charge is 0.257 e. The Morgan fingerprint density at radius 2 is 1.74 bits per heavy atom. The van der Waals surface area contributed by atoms with Crippen molar-refractivity contribution in [3.63, 3.8) is 0 Å². The van der Waals surface area contributed by atoms with Gasteiger partial charge in [0.05, 0.1) is 30.8 Å². The second-order valence-corrected chi connectivity index (χ2v) is 10.0. The van der Waals surface area contributed by atoms with Crippen molar-refractivity contribution in [3.8, 4) is 11.5 Å². The first-order valence-electron chi connectivity index (χ1n) is 13.4. The molecule has 1 fully saturated rings. The zero-order valence-electron chi connectivity index (χ0n) is 22.5. The van der Waals surface area contributed by atoms with E-state index in [1.165, 1.54) is 0 Å². The maximum atomic E-state index is 13.5. The summed E-state index contributed by atoms with van der Waals surface area (Å²) in [6.45, 7) is 5.51. The lowest BCUT2D eigenvalue weighted by Gasteiger charge is -2.32. The average Bonchev–Trinajstić information content (AvgIpc) is 3.54. The van der Waals surface area contributed by atoms with Gasteiger partial charge in [-0.15, -0.1) is 0 Å². The van der Waals surface area contributed by atoms with E-state index in [0.29, 0.717) is 17.4 Å². The maximum absolute atomic E-state index is 13.5. The number of imidazole rings is 1. The minimum Gasteiger partial charge on any atom is -0.497 e. The Morgan fingerprint density at radius 3 is 2.46 bits per heavy atom. The van der Waals surface area contributed by atoms with Gasteiger partial charge in [-0.05, 0) is 67.4 Å². The number of anilines is 2. The minimum absolute atomic E-state index is 0.151. The van der Waals surface area contributed by atoms with Crippen LogP contribution in [0.3, 0.4) is 0 Å². The van der Waals surface area contributed by atoms with Gasteiger partial charge in [0.25, 0.3) is 5.91 Å². The van der Waals surface area contributed by atoms with Crippen LogP contribution in [0.5, 0.6) is 11.5 Å². The second kappa shape index (κ2) is 10.5. The zero-order chi connectivity index (χ0) is 26.9.